The van der Waals surface area contributed by atoms with Crippen molar-refractivity contribution in [2.24, 2.45) is 0 Å². The third-order valence-electron chi connectivity index (χ3n) is 2.43. The van der Waals surface area contributed by atoms with E-state index >= 15 is 0 Å². The summed E-state index contributed by atoms with van der Waals surface area (Å²) in [6.07, 6.45) is 3.95. The van der Waals surface area contributed by atoms with Crippen LogP contribution in [0.4, 0.5) is 5.82 Å². The van der Waals surface area contributed by atoms with Crippen LogP contribution >= 0.6 is 0 Å². The molecule has 0 saturated carbocycles. The number of anilines is 1. The van der Waals surface area contributed by atoms with E-state index in [1.807, 2.05) is 39.1 Å². The zero-order valence-electron chi connectivity index (χ0n) is 11.5. The van der Waals surface area contributed by atoms with Crippen molar-refractivity contribution in [3.8, 4) is 0 Å². The van der Waals surface area contributed by atoms with Crippen LogP contribution in [0.15, 0.2) is 24.5 Å². The zero-order valence-corrected chi connectivity index (χ0v) is 11.5. The van der Waals surface area contributed by atoms with E-state index in [4.69, 9.17) is 0 Å². The molecule has 0 aliphatic heterocycles. The normalized spacial score (nSPS) is 11.5. The van der Waals surface area contributed by atoms with Crippen LogP contribution in [0, 0.1) is 0 Å². The summed E-state index contributed by atoms with van der Waals surface area (Å²) in [5.41, 5.74) is 0.593. The van der Waals surface area contributed by atoms with Gasteiger partial charge in [-0.15, -0.1) is 0 Å². The van der Waals surface area contributed by atoms with Crippen molar-refractivity contribution in [3.05, 3.63) is 24.5 Å². The fourth-order valence-electron chi connectivity index (χ4n) is 1.70. The molecule has 0 saturated heterocycles. The highest BCUT2D eigenvalue weighted by Crippen LogP contribution is 2.06. The Kier molecular flexibility index (Phi) is 3.69. The molecule has 2 rings (SSSR count). The fraction of sp³-hybridized carbons (Fsp3) is 0.462. The van der Waals surface area contributed by atoms with E-state index in [0.717, 1.165) is 11.5 Å². The summed E-state index contributed by atoms with van der Waals surface area (Å²) in [6, 6.07) is 3.67. The first-order chi connectivity index (χ1) is 8.94. The summed E-state index contributed by atoms with van der Waals surface area (Å²) in [4.78, 5) is 16.0. The monoisotopic (exact) mass is 261 g/mol. The molecule has 6 heteroatoms. The van der Waals surface area contributed by atoms with Crippen molar-refractivity contribution in [2.75, 3.05) is 11.9 Å². The van der Waals surface area contributed by atoms with Gasteiger partial charge >= 0.3 is 0 Å². The highest BCUT2D eigenvalue weighted by Gasteiger charge is 2.12. The molecule has 0 spiro atoms. The van der Waals surface area contributed by atoms with Gasteiger partial charge in [0.05, 0.1) is 6.20 Å². The van der Waals surface area contributed by atoms with Crippen LogP contribution in [0.3, 0.4) is 0 Å². The Morgan fingerprint density at radius 1 is 1.37 bits per heavy atom. The van der Waals surface area contributed by atoms with E-state index < -0.39 is 0 Å². The third kappa shape index (κ3) is 3.94. The van der Waals surface area contributed by atoms with E-state index in [9.17, 15) is 4.79 Å². The molecule has 0 bridgehead atoms. The first kappa shape index (κ1) is 13.3. The van der Waals surface area contributed by atoms with E-state index in [0.29, 0.717) is 13.0 Å². The van der Waals surface area contributed by atoms with Gasteiger partial charge < -0.3 is 10.6 Å². The molecule has 0 unspecified atom stereocenters. The minimum Gasteiger partial charge on any atom is -0.369 e. The smallest absolute Gasteiger partial charge is 0.222 e. The maximum Gasteiger partial charge on any atom is 0.222 e. The van der Waals surface area contributed by atoms with Crippen LogP contribution in [0.5, 0.6) is 0 Å². The lowest BCUT2D eigenvalue weighted by molar-refractivity contribution is -0.122. The maximum atomic E-state index is 11.6. The lowest BCUT2D eigenvalue weighted by atomic mass is 10.1. The lowest BCUT2D eigenvalue weighted by Gasteiger charge is -2.20. The standard InChI is InChI=1S/C13H19N5O/c1-13(2,3)17-12(19)5-7-14-10-6-9-18-11(16-10)4-8-15-18/h4,6,8-9H,5,7H2,1-3H3,(H,14,16)(H,17,19). The van der Waals surface area contributed by atoms with Gasteiger partial charge in [-0.2, -0.15) is 5.10 Å². The molecule has 0 aliphatic rings. The maximum absolute atomic E-state index is 11.6. The lowest BCUT2D eigenvalue weighted by Crippen LogP contribution is -2.41. The largest absolute Gasteiger partial charge is 0.369 e. The van der Waals surface area contributed by atoms with Crippen molar-refractivity contribution in [1.29, 1.82) is 0 Å². The predicted molar refractivity (Wildman–Crippen MR) is 74.0 cm³/mol. The van der Waals surface area contributed by atoms with Crippen LogP contribution in [-0.4, -0.2) is 32.6 Å². The number of hydrogen-bond acceptors (Lipinski definition) is 4. The molecule has 102 valence electrons. The van der Waals surface area contributed by atoms with Crippen LogP contribution < -0.4 is 10.6 Å². The summed E-state index contributed by atoms with van der Waals surface area (Å²) in [5, 5.41) is 10.1. The average Bonchev–Trinajstić information content (AvgIpc) is 2.73. The number of fused-ring (bicyclic) bond motifs is 1. The van der Waals surface area contributed by atoms with Gasteiger partial charge in [0.15, 0.2) is 5.65 Å². The first-order valence-corrected chi connectivity index (χ1v) is 6.29. The third-order valence-corrected chi connectivity index (χ3v) is 2.43. The molecule has 2 heterocycles. The molecule has 0 aliphatic carbocycles. The number of nitrogens with zero attached hydrogens (tertiary/aromatic N) is 3. The summed E-state index contributed by atoms with van der Waals surface area (Å²) < 4.78 is 1.69. The second-order valence-corrected chi connectivity index (χ2v) is 5.42. The van der Waals surface area contributed by atoms with Crippen LogP contribution in [0.1, 0.15) is 27.2 Å². The summed E-state index contributed by atoms with van der Waals surface area (Å²) in [7, 11) is 0. The van der Waals surface area contributed by atoms with E-state index in [1.54, 1.807) is 10.7 Å². The second-order valence-electron chi connectivity index (χ2n) is 5.42. The summed E-state index contributed by atoms with van der Waals surface area (Å²) in [6.45, 7) is 6.45. The van der Waals surface area contributed by atoms with Gasteiger partial charge in [0.2, 0.25) is 5.91 Å². The summed E-state index contributed by atoms with van der Waals surface area (Å²) >= 11 is 0. The Bertz CT molecular complexity index is 570. The molecule has 1 amide bonds. The van der Waals surface area contributed by atoms with Crippen molar-refractivity contribution < 1.29 is 4.79 Å². The van der Waals surface area contributed by atoms with Gasteiger partial charge in [-0.05, 0) is 26.8 Å². The van der Waals surface area contributed by atoms with Crippen LogP contribution in [-0.2, 0) is 4.79 Å². The topological polar surface area (TPSA) is 71.3 Å². The van der Waals surface area contributed by atoms with Gasteiger partial charge in [0, 0.05) is 30.8 Å². The molecular weight excluding hydrogens is 242 g/mol. The summed E-state index contributed by atoms with van der Waals surface area (Å²) in [5.74, 6) is 0.780. The number of carbonyl (C=O) groups is 1. The van der Waals surface area contributed by atoms with Gasteiger partial charge in [-0.1, -0.05) is 0 Å². The van der Waals surface area contributed by atoms with Crippen molar-refractivity contribution in [1.82, 2.24) is 19.9 Å². The highest BCUT2D eigenvalue weighted by molar-refractivity contribution is 5.77. The van der Waals surface area contributed by atoms with E-state index in [2.05, 4.69) is 20.7 Å². The molecule has 6 nitrogen and oxygen atoms in total. The van der Waals surface area contributed by atoms with Crippen molar-refractivity contribution in [2.45, 2.75) is 32.7 Å². The Balaban J connectivity index is 1.83. The Hall–Kier alpha value is -2.11. The van der Waals surface area contributed by atoms with Gasteiger partial charge in [0.25, 0.3) is 0 Å². The SMILES string of the molecule is CC(C)(C)NC(=O)CCNc1ccn2nccc2n1. The quantitative estimate of drug-likeness (QED) is 0.873. The first-order valence-electron chi connectivity index (χ1n) is 6.29. The Morgan fingerprint density at radius 3 is 2.89 bits per heavy atom. The van der Waals surface area contributed by atoms with Gasteiger partial charge in [0.1, 0.15) is 5.82 Å². The molecular formula is C13H19N5O. The van der Waals surface area contributed by atoms with E-state index in [1.165, 1.54) is 0 Å². The van der Waals surface area contributed by atoms with E-state index in [-0.39, 0.29) is 11.4 Å². The van der Waals surface area contributed by atoms with Gasteiger partial charge in [-0.3, -0.25) is 4.79 Å². The number of carbonyl (C=O) groups excluding carboxylic acids is 1. The molecule has 0 radical (unpaired) electrons. The number of aromatic nitrogens is 3. The highest BCUT2D eigenvalue weighted by atomic mass is 16.1. The zero-order chi connectivity index (χ0) is 13.9. The number of rotatable bonds is 4. The molecule has 0 atom stereocenters. The van der Waals surface area contributed by atoms with Crippen LogP contribution in [0.2, 0.25) is 0 Å². The molecule has 2 aromatic rings. The molecule has 2 N–H and O–H groups in total. The minimum absolute atomic E-state index is 0.0328. The molecule has 0 fully saturated rings. The average molecular weight is 261 g/mol. The number of hydrogen-bond donors (Lipinski definition) is 2. The number of amides is 1. The number of nitrogens with one attached hydrogen (secondary N) is 2. The van der Waals surface area contributed by atoms with Crippen LogP contribution in [0.25, 0.3) is 5.65 Å². The predicted octanol–water partition coefficient (Wildman–Crippen LogP) is 1.45. The fourth-order valence-corrected chi connectivity index (χ4v) is 1.70. The molecule has 19 heavy (non-hydrogen) atoms. The Morgan fingerprint density at radius 2 is 2.16 bits per heavy atom. The second kappa shape index (κ2) is 5.26. The minimum atomic E-state index is -0.189. The van der Waals surface area contributed by atoms with Gasteiger partial charge in [-0.25, -0.2) is 9.50 Å². The van der Waals surface area contributed by atoms with Crippen molar-refractivity contribution in [3.63, 3.8) is 0 Å². The molecule has 0 aromatic carbocycles. The molecule has 2 aromatic heterocycles. The van der Waals surface area contributed by atoms with Crippen molar-refractivity contribution >= 4 is 17.4 Å². The Labute approximate surface area is 112 Å².